The number of anilines is 1. The van der Waals surface area contributed by atoms with Gasteiger partial charge in [0, 0.05) is 43.2 Å². The summed E-state index contributed by atoms with van der Waals surface area (Å²) in [5.74, 6) is -0.0904. The third-order valence-electron chi connectivity index (χ3n) is 6.44. The Hall–Kier alpha value is -3.27. The van der Waals surface area contributed by atoms with E-state index in [2.05, 4.69) is 30.8 Å². The van der Waals surface area contributed by atoms with Crippen LogP contribution in [0, 0.1) is 11.7 Å². The lowest BCUT2D eigenvalue weighted by atomic mass is 9.66. The highest BCUT2D eigenvalue weighted by molar-refractivity contribution is 7.16. The number of ketones is 1. The Balaban J connectivity index is 1.23. The third kappa shape index (κ3) is 4.35. The van der Waals surface area contributed by atoms with Crippen molar-refractivity contribution in [1.82, 2.24) is 25.5 Å². The third-order valence-corrected chi connectivity index (χ3v) is 7.50. The summed E-state index contributed by atoms with van der Waals surface area (Å²) < 4.78 is 14.3. The summed E-state index contributed by atoms with van der Waals surface area (Å²) in [6.07, 6.45) is 6.83. The number of hydrogen-bond donors (Lipinski definition) is 2. The number of Topliss-reactive ketones (excluding diaryl/α,β-unsaturated/α-hetero) is 1. The highest BCUT2D eigenvalue weighted by Crippen LogP contribution is 2.43. The molecular formula is C23H23FN6O2S. The Labute approximate surface area is 194 Å². The van der Waals surface area contributed by atoms with Crippen LogP contribution in [0.3, 0.4) is 0 Å². The number of pyridine rings is 1. The second-order valence-corrected chi connectivity index (χ2v) is 9.59. The molecule has 8 nitrogen and oxygen atoms in total. The number of rotatable bonds is 8. The molecule has 1 aliphatic carbocycles. The van der Waals surface area contributed by atoms with Gasteiger partial charge in [-0.25, -0.2) is 9.37 Å². The van der Waals surface area contributed by atoms with Crippen molar-refractivity contribution < 1.29 is 14.0 Å². The fraction of sp³-hybridized carbons (Fsp3) is 0.391. The number of nitrogens with one attached hydrogen (secondary N) is 2. The lowest BCUT2D eigenvalue weighted by Gasteiger charge is -2.41. The van der Waals surface area contributed by atoms with Crippen molar-refractivity contribution in [2.45, 2.75) is 37.5 Å². The molecular weight excluding hydrogens is 443 g/mol. The van der Waals surface area contributed by atoms with E-state index in [1.165, 1.54) is 23.6 Å². The van der Waals surface area contributed by atoms with E-state index in [0.717, 1.165) is 19.3 Å². The Kier molecular flexibility index (Phi) is 5.84. The number of hydrogen-bond acceptors (Lipinski definition) is 8. The van der Waals surface area contributed by atoms with E-state index in [9.17, 15) is 14.0 Å². The van der Waals surface area contributed by atoms with E-state index in [4.69, 9.17) is 0 Å². The Morgan fingerprint density at radius 3 is 2.79 bits per heavy atom. The monoisotopic (exact) mass is 466 g/mol. The molecule has 1 saturated heterocycles. The molecule has 2 N–H and O–H groups in total. The smallest absolute Gasteiger partial charge is 0.223 e. The van der Waals surface area contributed by atoms with Gasteiger partial charge in [-0.3, -0.25) is 14.6 Å². The van der Waals surface area contributed by atoms with Crippen LogP contribution in [0.1, 0.15) is 47.5 Å². The highest BCUT2D eigenvalue weighted by atomic mass is 32.1. The number of thiazole rings is 1. The lowest BCUT2D eigenvalue weighted by molar-refractivity contribution is -0.122. The fourth-order valence-electron chi connectivity index (χ4n) is 4.36. The quantitative estimate of drug-likeness (QED) is 0.490. The van der Waals surface area contributed by atoms with Crippen LogP contribution >= 0.6 is 11.3 Å². The van der Waals surface area contributed by atoms with E-state index in [0.29, 0.717) is 46.6 Å². The van der Waals surface area contributed by atoms with Crippen LogP contribution in [0.4, 0.5) is 10.2 Å². The summed E-state index contributed by atoms with van der Waals surface area (Å²) in [6.45, 7) is 1.15. The Morgan fingerprint density at radius 2 is 2.12 bits per heavy atom. The van der Waals surface area contributed by atoms with Gasteiger partial charge in [0.15, 0.2) is 5.78 Å². The second-order valence-electron chi connectivity index (χ2n) is 8.56. The fourth-order valence-corrected chi connectivity index (χ4v) is 5.19. The molecule has 170 valence electrons. The van der Waals surface area contributed by atoms with Gasteiger partial charge in [-0.1, -0.05) is 6.42 Å². The Bertz CT molecular complexity index is 1180. The summed E-state index contributed by atoms with van der Waals surface area (Å²) in [7, 11) is 0. The molecule has 1 saturated carbocycles. The van der Waals surface area contributed by atoms with Crippen molar-refractivity contribution >= 4 is 28.8 Å². The van der Waals surface area contributed by atoms with Gasteiger partial charge in [0.1, 0.15) is 22.3 Å². The highest BCUT2D eigenvalue weighted by Gasteiger charge is 2.41. The number of aromatic nitrogens is 4. The first-order valence-corrected chi connectivity index (χ1v) is 11.8. The van der Waals surface area contributed by atoms with E-state index >= 15 is 0 Å². The minimum Gasteiger partial charge on any atom is -0.368 e. The van der Waals surface area contributed by atoms with Gasteiger partial charge in [-0.05, 0) is 43.5 Å². The number of carbonyl (C=O) groups is 2. The van der Waals surface area contributed by atoms with E-state index in [1.54, 1.807) is 24.4 Å². The van der Waals surface area contributed by atoms with Crippen molar-refractivity contribution in [1.29, 1.82) is 0 Å². The van der Waals surface area contributed by atoms with Gasteiger partial charge in [-0.15, -0.1) is 21.5 Å². The molecule has 10 heteroatoms. The van der Waals surface area contributed by atoms with E-state index in [-0.39, 0.29) is 35.3 Å². The van der Waals surface area contributed by atoms with Gasteiger partial charge in [0.25, 0.3) is 0 Å². The first-order chi connectivity index (χ1) is 16.0. The first kappa shape index (κ1) is 21.6. The standard InChI is InChI=1S/C23H23FN6O2S/c24-15-3-1-9-25-20(15)23(7-2-8-23)13-28-19-5-4-16(29-30-19)22-27-12-18(33-22)17(31)11-14-6-10-26-21(14)32/h1,3-5,9,12,14H,2,6-8,10-11,13H2,(H,26,32)(H,28,30). The molecule has 5 rings (SSSR count). The van der Waals surface area contributed by atoms with Crippen LogP contribution in [-0.4, -0.2) is 44.9 Å². The van der Waals surface area contributed by atoms with Crippen molar-refractivity contribution in [2.75, 3.05) is 18.4 Å². The molecule has 2 aliphatic rings. The number of nitrogens with zero attached hydrogens (tertiary/aromatic N) is 4. The predicted octanol–water partition coefficient (Wildman–Crippen LogP) is 3.38. The van der Waals surface area contributed by atoms with Crippen LogP contribution in [0.5, 0.6) is 0 Å². The van der Waals surface area contributed by atoms with Crippen molar-refractivity contribution in [2.24, 2.45) is 5.92 Å². The SMILES string of the molecule is O=C(CC1CCNC1=O)c1cnc(-c2ccc(NCC3(c4ncccc4F)CCC3)nn2)s1. The lowest BCUT2D eigenvalue weighted by Crippen LogP contribution is -2.42. The van der Waals surface area contributed by atoms with Crippen LogP contribution in [0.2, 0.25) is 0 Å². The largest absolute Gasteiger partial charge is 0.368 e. The molecule has 0 aromatic carbocycles. The molecule has 1 amide bonds. The van der Waals surface area contributed by atoms with Crippen LogP contribution in [-0.2, 0) is 10.2 Å². The van der Waals surface area contributed by atoms with E-state index < -0.39 is 0 Å². The molecule has 1 atom stereocenters. The van der Waals surface area contributed by atoms with Crippen molar-refractivity contribution in [3.63, 3.8) is 0 Å². The predicted molar refractivity (Wildman–Crippen MR) is 121 cm³/mol. The first-order valence-electron chi connectivity index (χ1n) is 11.0. The zero-order chi connectivity index (χ0) is 22.8. The zero-order valence-electron chi connectivity index (χ0n) is 17.9. The molecule has 1 unspecified atom stereocenters. The van der Waals surface area contributed by atoms with Crippen molar-refractivity contribution in [3.8, 4) is 10.7 Å². The molecule has 4 heterocycles. The molecule has 2 fully saturated rings. The normalized spacial score (nSPS) is 19.1. The van der Waals surface area contributed by atoms with Crippen molar-refractivity contribution in [3.05, 3.63) is 53.0 Å². The summed E-state index contributed by atoms with van der Waals surface area (Å²) in [6, 6.07) is 6.65. The molecule has 33 heavy (non-hydrogen) atoms. The van der Waals surface area contributed by atoms with Gasteiger partial charge < -0.3 is 10.6 Å². The van der Waals surface area contributed by atoms with Gasteiger partial charge in [-0.2, -0.15) is 0 Å². The molecule has 1 aliphatic heterocycles. The summed E-state index contributed by atoms with van der Waals surface area (Å²) >= 11 is 1.25. The summed E-state index contributed by atoms with van der Waals surface area (Å²) in [5, 5.41) is 15.1. The molecule has 0 bridgehead atoms. The van der Waals surface area contributed by atoms with Crippen LogP contribution < -0.4 is 10.6 Å². The van der Waals surface area contributed by atoms with Crippen LogP contribution in [0.15, 0.2) is 36.7 Å². The van der Waals surface area contributed by atoms with Crippen LogP contribution in [0.25, 0.3) is 10.7 Å². The molecule has 0 spiro atoms. The minimum absolute atomic E-state index is 0.0588. The molecule has 0 radical (unpaired) electrons. The second kappa shape index (κ2) is 8.93. The molecule has 3 aromatic heterocycles. The average molecular weight is 467 g/mol. The van der Waals surface area contributed by atoms with Gasteiger partial charge in [0.2, 0.25) is 5.91 Å². The van der Waals surface area contributed by atoms with Gasteiger partial charge in [0.05, 0.1) is 10.6 Å². The maximum Gasteiger partial charge on any atom is 0.223 e. The summed E-state index contributed by atoms with van der Waals surface area (Å²) in [5.41, 5.74) is 0.743. The topological polar surface area (TPSA) is 110 Å². The molecule has 3 aromatic rings. The number of halogens is 1. The van der Waals surface area contributed by atoms with Gasteiger partial charge >= 0.3 is 0 Å². The minimum atomic E-state index is -0.327. The van der Waals surface area contributed by atoms with E-state index in [1.807, 2.05) is 0 Å². The maximum atomic E-state index is 14.3. The average Bonchev–Trinajstić information content (AvgIpc) is 3.44. The number of carbonyl (C=O) groups excluding carboxylic acids is 2. The zero-order valence-corrected chi connectivity index (χ0v) is 18.7. The summed E-state index contributed by atoms with van der Waals surface area (Å²) in [4.78, 5) is 33.3. The maximum absolute atomic E-state index is 14.3. The Morgan fingerprint density at radius 1 is 1.24 bits per heavy atom. The number of amides is 1.